The summed E-state index contributed by atoms with van der Waals surface area (Å²) in [5.41, 5.74) is -0.0336. The molecule has 0 N–H and O–H groups in total. The normalized spacial score (nSPS) is 22.9. The molecule has 1 aromatic rings. The van der Waals surface area contributed by atoms with Gasteiger partial charge in [0.2, 0.25) is 0 Å². The molecule has 1 atom stereocenters. The van der Waals surface area contributed by atoms with Gasteiger partial charge in [-0.2, -0.15) is 0 Å². The van der Waals surface area contributed by atoms with E-state index in [4.69, 9.17) is 4.74 Å². The van der Waals surface area contributed by atoms with Gasteiger partial charge in [0.05, 0.1) is 16.4 Å². The molecule has 0 aromatic heterocycles. The Labute approximate surface area is 151 Å². The summed E-state index contributed by atoms with van der Waals surface area (Å²) in [6.07, 6.45) is 0.666. The fraction of sp³-hybridized carbons (Fsp3) is 0.562. The smallest absolute Gasteiger partial charge is 0.269 e. The van der Waals surface area contributed by atoms with Crippen molar-refractivity contribution in [3.8, 4) is 5.75 Å². The maximum Gasteiger partial charge on any atom is 0.269 e. The summed E-state index contributed by atoms with van der Waals surface area (Å²) in [5.74, 6) is 0.713. The summed E-state index contributed by atoms with van der Waals surface area (Å²) in [6.45, 7) is 2.26. The second-order valence-corrected chi connectivity index (χ2v) is 8.74. The van der Waals surface area contributed by atoms with E-state index in [2.05, 4.69) is 4.90 Å². The molecule has 2 aliphatic heterocycles. The highest BCUT2D eigenvalue weighted by Gasteiger charge is 2.34. The molecule has 2 saturated heterocycles. The van der Waals surface area contributed by atoms with Gasteiger partial charge in [0, 0.05) is 44.4 Å². The topological polar surface area (TPSA) is 110 Å². The summed E-state index contributed by atoms with van der Waals surface area (Å²) >= 11 is 0. The molecular weight excluding hydrogens is 362 g/mol. The van der Waals surface area contributed by atoms with Crippen molar-refractivity contribution in [2.45, 2.75) is 12.5 Å². The van der Waals surface area contributed by atoms with E-state index in [1.807, 2.05) is 0 Å². The van der Waals surface area contributed by atoms with Gasteiger partial charge in [0.25, 0.3) is 11.6 Å². The van der Waals surface area contributed by atoms with Gasteiger partial charge in [-0.3, -0.25) is 19.8 Å². The molecular formula is C16H21N3O6S. The lowest BCUT2D eigenvalue weighted by Gasteiger charge is -2.37. The number of rotatable bonds is 5. The third-order valence-electron chi connectivity index (χ3n) is 4.80. The van der Waals surface area contributed by atoms with Crippen LogP contribution in [0.3, 0.4) is 0 Å². The summed E-state index contributed by atoms with van der Waals surface area (Å²) < 4.78 is 28.6. The van der Waals surface area contributed by atoms with E-state index in [9.17, 15) is 23.3 Å². The van der Waals surface area contributed by atoms with Crippen LogP contribution in [0.4, 0.5) is 5.69 Å². The number of hydrogen-bond acceptors (Lipinski definition) is 7. The number of non-ortho nitro benzene ring substituents is 1. The van der Waals surface area contributed by atoms with Crippen molar-refractivity contribution in [2.75, 3.05) is 44.3 Å². The van der Waals surface area contributed by atoms with Crippen LogP contribution in [0.1, 0.15) is 6.42 Å². The Kier molecular flexibility index (Phi) is 5.42. The van der Waals surface area contributed by atoms with E-state index in [1.54, 1.807) is 4.90 Å². The van der Waals surface area contributed by atoms with Crippen LogP contribution in [0.15, 0.2) is 24.3 Å². The van der Waals surface area contributed by atoms with Gasteiger partial charge in [0.1, 0.15) is 5.75 Å². The first kappa shape index (κ1) is 18.6. The van der Waals surface area contributed by atoms with Crippen LogP contribution in [-0.4, -0.2) is 79.4 Å². The molecule has 0 unspecified atom stereocenters. The van der Waals surface area contributed by atoms with E-state index in [0.29, 0.717) is 38.3 Å². The van der Waals surface area contributed by atoms with E-state index in [1.165, 1.54) is 24.3 Å². The number of sulfone groups is 1. The number of benzene rings is 1. The minimum atomic E-state index is -2.91. The first-order chi connectivity index (χ1) is 12.3. The zero-order valence-electron chi connectivity index (χ0n) is 14.2. The molecule has 0 aliphatic carbocycles. The molecule has 2 fully saturated rings. The summed E-state index contributed by atoms with van der Waals surface area (Å²) in [6, 6.07) is 5.64. The summed E-state index contributed by atoms with van der Waals surface area (Å²) in [4.78, 5) is 26.2. The monoisotopic (exact) mass is 383 g/mol. The molecule has 1 amide bonds. The molecule has 2 aliphatic rings. The first-order valence-electron chi connectivity index (χ1n) is 8.43. The zero-order chi connectivity index (χ0) is 18.7. The molecule has 0 radical (unpaired) electrons. The molecule has 142 valence electrons. The van der Waals surface area contributed by atoms with Gasteiger partial charge < -0.3 is 9.64 Å². The van der Waals surface area contributed by atoms with Crippen LogP contribution in [0.2, 0.25) is 0 Å². The van der Waals surface area contributed by atoms with Crippen molar-refractivity contribution >= 4 is 21.4 Å². The molecule has 3 rings (SSSR count). The van der Waals surface area contributed by atoms with Crippen LogP contribution in [-0.2, 0) is 14.6 Å². The Balaban J connectivity index is 1.44. The molecule has 10 heteroatoms. The fourth-order valence-electron chi connectivity index (χ4n) is 3.30. The lowest BCUT2D eigenvalue weighted by atomic mass is 10.2. The third kappa shape index (κ3) is 4.50. The van der Waals surface area contributed by atoms with E-state index in [-0.39, 0.29) is 35.7 Å². The standard InChI is InChI=1S/C16H21N3O6S/c20-16(11-25-15-3-1-13(2-4-15)19(21)22)18-8-6-17(7-9-18)14-5-10-26(23,24)12-14/h1-4,14H,5-12H2/t14-/m0/s1. The number of carbonyl (C=O) groups is 1. The van der Waals surface area contributed by atoms with Crippen LogP contribution in [0.25, 0.3) is 0 Å². The number of piperazine rings is 1. The quantitative estimate of drug-likeness (QED) is 0.531. The second kappa shape index (κ2) is 7.58. The number of nitrogens with zero attached hydrogens (tertiary/aromatic N) is 3. The van der Waals surface area contributed by atoms with Gasteiger partial charge in [-0.1, -0.05) is 0 Å². The highest BCUT2D eigenvalue weighted by atomic mass is 32.2. The maximum atomic E-state index is 12.3. The van der Waals surface area contributed by atoms with Crippen LogP contribution in [0.5, 0.6) is 5.75 Å². The number of hydrogen-bond donors (Lipinski definition) is 0. The SMILES string of the molecule is O=C(COc1ccc([N+](=O)[O-])cc1)N1CCN([C@H]2CCS(=O)(=O)C2)CC1. The Morgan fingerprint density at radius 3 is 2.38 bits per heavy atom. The largest absolute Gasteiger partial charge is 0.484 e. The molecule has 2 heterocycles. The molecule has 0 bridgehead atoms. The summed E-state index contributed by atoms with van der Waals surface area (Å²) in [7, 11) is -2.91. The fourth-order valence-corrected chi connectivity index (χ4v) is 5.06. The van der Waals surface area contributed by atoms with Crippen molar-refractivity contribution < 1.29 is 22.9 Å². The lowest BCUT2D eigenvalue weighted by Crippen LogP contribution is -2.53. The average molecular weight is 383 g/mol. The van der Waals surface area contributed by atoms with Gasteiger partial charge in [-0.15, -0.1) is 0 Å². The van der Waals surface area contributed by atoms with Crippen molar-refractivity contribution in [2.24, 2.45) is 0 Å². The Bertz CT molecular complexity index is 772. The van der Waals surface area contributed by atoms with Gasteiger partial charge >= 0.3 is 0 Å². The highest BCUT2D eigenvalue weighted by Crippen LogP contribution is 2.20. The number of ether oxygens (including phenoxy) is 1. The van der Waals surface area contributed by atoms with Crippen molar-refractivity contribution in [3.05, 3.63) is 34.4 Å². The van der Waals surface area contributed by atoms with Gasteiger partial charge in [-0.05, 0) is 18.6 Å². The highest BCUT2D eigenvalue weighted by molar-refractivity contribution is 7.91. The van der Waals surface area contributed by atoms with Crippen LogP contribution in [0, 0.1) is 10.1 Å². The first-order valence-corrected chi connectivity index (χ1v) is 10.3. The summed E-state index contributed by atoms with van der Waals surface area (Å²) in [5, 5.41) is 10.6. The van der Waals surface area contributed by atoms with Crippen LogP contribution < -0.4 is 4.74 Å². The van der Waals surface area contributed by atoms with E-state index in [0.717, 1.165) is 0 Å². The molecule has 9 nitrogen and oxygen atoms in total. The number of nitro groups is 1. The van der Waals surface area contributed by atoms with Gasteiger partial charge in [0.15, 0.2) is 16.4 Å². The second-order valence-electron chi connectivity index (χ2n) is 6.51. The van der Waals surface area contributed by atoms with E-state index >= 15 is 0 Å². The molecule has 1 aromatic carbocycles. The predicted octanol–water partition coefficient (Wildman–Crippen LogP) is 0.305. The number of nitro benzene ring substituents is 1. The van der Waals surface area contributed by atoms with E-state index < -0.39 is 14.8 Å². The molecule has 0 spiro atoms. The Morgan fingerprint density at radius 1 is 1.19 bits per heavy atom. The molecule has 0 saturated carbocycles. The van der Waals surface area contributed by atoms with Crippen molar-refractivity contribution in [1.82, 2.24) is 9.80 Å². The average Bonchev–Trinajstić information content (AvgIpc) is 3.00. The number of amides is 1. The maximum absolute atomic E-state index is 12.3. The third-order valence-corrected chi connectivity index (χ3v) is 6.55. The van der Waals surface area contributed by atoms with Crippen LogP contribution >= 0.6 is 0 Å². The zero-order valence-corrected chi connectivity index (χ0v) is 15.1. The Morgan fingerprint density at radius 2 is 1.85 bits per heavy atom. The minimum Gasteiger partial charge on any atom is -0.484 e. The van der Waals surface area contributed by atoms with Gasteiger partial charge in [-0.25, -0.2) is 8.42 Å². The van der Waals surface area contributed by atoms with Crippen molar-refractivity contribution in [1.29, 1.82) is 0 Å². The predicted molar refractivity (Wildman–Crippen MR) is 93.8 cm³/mol. The van der Waals surface area contributed by atoms with Crippen molar-refractivity contribution in [3.63, 3.8) is 0 Å². The number of carbonyl (C=O) groups excluding carboxylic acids is 1. The minimum absolute atomic E-state index is 0.0336. The Hall–Kier alpha value is -2.20. The molecule has 26 heavy (non-hydrogen) atoms. The lowest BCUT2D eigenvalue weighted by molar-refractivity contribution is -0.384.